The van der Waals surface area contributed by atoms with Gasteiger partial charge in [0, 0.05) is 43.6 Å². The first-order valence-electron chi connectivity index (χ1n) is 10.3. The van der Waals surface area contributed by atoms with E-state index in [1.807, 2.05) is 41.1 Å². The molecule has 2 aromatic rings. The molecule has 1 aromatic heterocycles. The SMILES string of the molecule is CCCN1c2c(cnc3ccc(OCC(=O)N4CCSCC4)cc23)NC1(N)COC. The van der Waals surface area contributed by atoms with Crippen molar-refractivity contribution in [2.24, 2.45) is 5.73 Å². The number of fused-ring (bicyclic) bond motifs is 3. The molecule has 162 valence electrons. The van der Waals surface area contributed by atoms with Crippen LogP contribution in [0.2, 0.25) is 0 Å². The van der Waals surface area contributed by atoms with Crippen LogP contribution in [0.15, 0.2) is 24.4 Å². The van der Waals surface area contributed by atoms with Crippen molar-refractivity contribution in [3.05, 3.63) is 24.4 Å². The number of nitrogens with one attached hydrogen (secondary N) is 1. The fourth-order valence-corrected chi connectivity index (χ4v) is 4.95. The first-order chi connectivity index (χ1) is 14.6. The maximum absolute atomic E-state index is 12.4. The minimum atomic E-state index is -0.831. The van der Waals surface area contributed by atoms with Gasteiger partial charge in [0.15, 0.2) is 12.4 Å². The van der Waals surface area contributed by atoms with Gasteiger partial charge in [0.2, 0.25) is 0 Å². The van der Waals surface area contributed by atoms with Gasteiger partial charge < -0.3 is 24.6 Å². The van der Waals surface area contributed by atoms with Crippen LogP contribution in [0.4, 0.5) is 11.4 Å². The fraction of sp³-hybridized carbons (Fsp3) is 0.524. The zero-order chi connectivity index (χ0) is 21.1. The Morgan fingerprint density at radius 1 is 1.37 bits per heavy atom. The molecular weight excluding hydrogens is 402 g/mol. The molecule has 0 radical (unpaired) electrons. The van der Waals surface area contributed by atoms with Gasteiger partial charge in [-0.15, -0.1) is 0 Å². The van der Waals surface area contributed by atoms with Crippen LogP contribution in [0, 0.1) is 0 Å². The van der Waals surface area contributed by atoms with E-state index >= 15 is 0 Å². The number of anilines is 2. The second-order valence-corrected chi connectivity index (χ2v) is 8.84. The van der Waals surface area contributed by atoms with Gasteiger partial charge in [0.25, 0.3) is 5.91 Å². The number of rotatable bonds is 7. The minimum Gasteiger partial charge on any atom is -0.484 e. The number of carbonyl (C=O) groups is 1. The molecule has 1 aromatic carbocycles. The Bertz CT molecular complexity index is 921. The van der Waals surface area contributed by atoms with Crippen LogP contribution in [0.3, 0.4) is 0 Å². The molecule has 1 fully saturated rings. The molecule has 1 unspecified atom stereocenters. The van der Waals surface area contributed by atoms with Gasteiger partial charge in [-0.1, -0.05) is 6.92 Å². The van der Waals surface area contributed by atoms with E-state index in [-0.39, 0.29) is 12.5 Å². The second kappa shape index (κ2) is 8.87. The minimum absolute atomic E-state index is 0.0298. The summed E-state index contributed by atoms with van der Waals surface area (Å²) >= 11 is 1.88. The molecule has 2 aliphatic rings. The normalized spacial score (nSPS) is 20.9. The highest BCUT2D eigenvalue weighted by molar-refractivity contribution is 7.99. The fourth-order valence-electron chi connectivity index (χ4n) is 4.05. The molecule has 4 rings (SSSR count). The van der Waals surface area contributed by atoms with Crippen molar-refractivity contribution in [1.29, 1.82) is 0 Å². The number of hydrogen-bond donors (Lipinski definition) is 2. The summed E-state index contributed by atoms with van der Waals surface area (Å²) in [7, 11) is 1.64. The Balaban J connectivity index is 1.60. The summed E-state index contributed by atoms with van der Waals surface area (Å²) < 4.78 is 11.2. The average Bonchev–Trinajstić information content (AvgIpc) is 3.04. The Kier molecular flexibility index (Phi) is 6.21. The quantitative estimate of drug-likeness (QED) is 0.688. The predicted molar refractivity (Wildman–Crippen MR) is 121 cm³/mol. The maximum Gasteiger partial charge on any atom is 0.260 e. The number of aromatic nitrogens is 1. The number of ether oxygens (including phenoxy) is 2. The van der Waals surface area contributed by atoms with Crippen LogP contribution >= 0.6 is 11.8 Å². The lowest BCUT2D eigenvalue weighted by Crippen LogP contribution is -2.61. The number of pyridine rings is 1. The van der Waals surface area contributed by atoms with E-state index in [1.165, 1.54) is 0 Å². The molecule has 3 heterocycles. The van der Waals surface area contributed by atoms with Crippen molar-refractivity contribution in [3.63, 3.8) is 0 Å². The zero-order valence-corrected chi connectivity index (χ0v) is 18.3. The van der Waals surface area contributed by atoms with E-state index < -0.39 is 5.79 Å². The number of nitrogens with two attached hydrogens (primary N) is 1. The number of nitrogens with zero attached hydrogens (tertiary/aromatic N) is 3. The summed E-state index contributed by atoms with van der Waals surface area (Å²) in [6.45, 7) is 4.85. The van der Waals surface area contributed by atoms with Gasteiger partial charge in [-0.25, -0.2) is 0 Å². The lowest BCUT2D eigenvalue weighted by molar-refractivity contribution is -0.132. The largest absolute Gasteiger partial charge is 0.484 e. The molecule has 1 atom stereocenters. The van der Waals surface area contributed by atoms with Gasteiger partial charge in [-0.3, -0.25) is 15.5 Å². The van der Waals surface area contributed by atoms with Crippen LogP contribution in [-0.2, 0) is 9.53 Å². The third-order valence-electron chi connectivity index (χ3n) is 5.45. The van der Waals surface area contributed by atoms with Crippen LogP contribution in [-0.4, -0.2) is 73.0 Å². The summed E-state index contributed by atoms with van der Waals surface area (Å²) in [4.78, 5) is 21.0. The Morgan fingerprint density at radius 2 is 2.17 bits per heavy atom. The first kappa shape index (κ1) is 21.0. The van der Waals surface area contributed by atoms with Crippen LogP contribution in [0.25, 0.3) is 10.9 Å². The maximum atomic E-state index is 12.4. The zero-order valence-electron chi connectivity index (χ0n) is 17.5. The lowest BCUT2D eigenvalue weighted by atomic mass is 10.1. The number of carbonyl (C=O) groups excluding carboxylic acids is 1. The Labute approximate surface area is 181 Å². The first-order valence-corrected chi connectivity index (χ1v) is 11.5. The highest BCUT2D eigenvalue weighted by atomic mass is 32.2. The number of benzene rings is 1. The van der Waals surface area contributed by atoms with Gasteiger partial charge in [-0.2, -0.15) is 11.8 Å². The number of amides is 1. The molecule has 2 aliphatic heterocycles. The molecule has 8 nitrogen and oxygen atoms in total. The van der Waals surface area contributed by atoms with Crippen LogP contribution in [0.1, 0.15) is 13.3 Å². The summed E-state index contributed by atoms with van der Waals surface area (Å²) in [5, 5.41) is 4.31. The monoisotopic (exact) mass is 431 g/mol. The van der Waals surface area contributed by atoms with Gasteiger partial charge in [-0.05, 0) is 24.6 Å². The van der Waals surface area contributed by atoms with E-state index in [0.717, 1.165) is 59.8 Å². The van der Waals surface area contributed by atoms with E-state index in [2.05, 4.69) is 22.1 Å². The summed E-state index contributed by atoms with van der Waals surface area (Å²) in [6, 6.07) is 5.73. The van der Waals surface area contributed by atoms with Crippen LogP contribution in [0.5, 0.6) is 5.75 Å². The standard InChI is InChI=1S/C21H29N5O3S/c1-3-6-26-20-16-11-15(29-13-19(27)25-7-9-30-10-8-25)4-5-17(16)23-12-18(20)24-21(26,22)14-28-2/h4-5,11-12,24H,3,6-10,13-14,22H2,1-2H3. The molecular formula is C21H29N5O3S. The third kappa shape index (κ3) is 4.01. The Hall–Kier alpha value is -2.23. The van der Waals surface area contributed by atoms with E-state index in [0.29, 0.717) is 12.4 Å². The van der Waals surface area contributed by atoms with Crippen molar-refractivity contribution in [2.45, 2.75) is 19.1 Å². The number of hydrogen-bond acceptors (Lipinski definition) is 8. The van der Waals surface area contributed by atoms with Crippen molar-refractivity contribution >= 4 is 39.9 Å². The average molecular weight is 432 g/mol. The highest BCUT2D eigenvalue weighted by Gasteiger charge is 2.41. The van der Waals surface area contributed by atoms with Crippen molar-refractivity contribution < 1.29 is 14.3 Å². The molecule has 0 aliphatic carbocycles. The summed E-state index contributed by atoms with van der Waals surface area (Å²) in [5.74, 6) is 1.82. The van der Waals surface area contributed by atoms with E-state index in [1.54, 1.807) is 7.11 Å². The van der Waals surface area contributed by atoms with Gasteiger partial charge in [0.1, 0.15) is 12.4 Å². The van der Waals surface area contributed by atoms with Crippen molar-refractivity contribution in [2.75, 3.05) is 61.7 Å². The topological polar surface area (TPSA) is 93.0 Å². The van der Waals surface area contributed by atoms with Gasteiger partial charge in [0.05, 0.1) is 23.1 Å². The number of thioether (sulfide) groups is 1. The highest BCUT2D eigenvalue weighted by Crippen LogP contribution is 2.43. The van der Waals surface area contributed by atoms with Crippen molar-refractivity contribution in [3.8, 4) is 5.75 Å². The summed E-state index contributed by atoms with van der Waals surface area (Å²) in [6.07, 6.45) is 2.75. The molecule has 30 heavy (non-hydrogen) atoms. The molecule has 0 spiro atoms. The smallest absolute Gasteiger partial charge is 0.260 e. The second-order valence-electron chi connectivity index (χ2n) is 7.62. The van der Waals surface area contributed by atoms with Gasteiger partial charge >= 0.3 is 0 Å². The predicted octanol–water partition coefficient (Wildman–Crippen LogP) is 2.09. The van der Waals surface area contributed by atoms with Crippen molar-refractivity contribution in [1.82, 2.24) is 9.88 Å². The molecule has 0 bridgehead atoms. The lowest BCUT2D eigenvalue weighted by Gasteiger charge is -2.36. The molecule has 3 N–H and O–H groups in total. The third-order valence-corrected chi connectivity index (χ3v) is 6.39. The van der Waals surface area contributed by atoms with Crippen LogP contribution < -0.4 is 20.7 Å². The van der Waals surface area contributed by atoms with E-state index in [4.69, 9.17) is 15.2 Å². The molecule has 1 amide bonds. The summed E-state index contributed by atoms with van der Waals surface area (Å²) in [5.41, 5.74) is 9.35. The molecule has 1 saturated heterocycles. The molecule has 9 heteroatoms. The number of methoxy groups -OCH3 is 1. The molecule has 0 saturated carbocycles. The van der Waals surface area contributed by atoms with E-state index in [9.17, 15) is 4.79 Å². The Morgan fingerprint density at radius 3 is 2.90 bits per heavy atom.